The molecule has 0 N–H and O–H groups in total. The maximum absolute atomic E-state index is 14.0. The molecule has 4 aliphatic rings. The average Bonchev–Trinajstić information content (AvgIpc) is 3.43. The van der Waals surface area contributed by atoms with Gasteiger partial charge in [-0.3, -0.25) is 4.90 Å². The molecule has 1 aromatic heterocycles. The molecule has 0 aliphatic carbocycles. The lowest BCUT2D eigenvalue weighted by Crippen LogP contribution is -2.62. The third kappa shape index (κ3) is 4.00. The molecule has 9 heteroatoms. The number of benzene rings is 1. The van der Waals surface area contributed by atoms with Gasteiger partial charge in [-0.25, -0.2) is 4.39 Å². The maximum atomic E-state index is 14.0. The molecule has 4 saturated heterocycles. The summed E-state index contributed by atoms with van der Waals surface area (Å²) in [5, 5.41) is 9.09. The molecule has 1 aromatic carbocycles. The first kappa shape index (κ1) is 20.8. The van der Waals surface area contributed by atoms with Gasteiger partial charge >= 0.3 is 0 Å². The summed E-state index contributed by atoms with van der Waals surface area (Å²) in [6.07, 6.45) is 4.32. The van der Waals surface area contributed by atoms with E-state index in [1.165, 1.54) is 6.07 Å². The molecule has 172 valence electrons. The summed E-state index contributed by atoms with van der Waals surface area (Å²) in [5.41, 5.74) is 2.76. The Morgan fingerprint density at radius 1 is 1.22 bits per heavy atom. The van der Waals surface area contributed by atoms with Gasteiger partial charge in [0.2, 0.25) is 5.13 Å². The zero-order valence-electron chi connectivity index (χ0n) is 18.1. The van der Waals surface area contributed by atoms with E-state index in [0.29, 0.717) is 18.6 Å². The van der Waals surface area contributed by atoms with Gasteiger partial charge in [0.05, 0.1) is 25.8 Å². The molecular weight excluding hydrogens is 431 g/mol. The molecule has 0 bridgehead atoms. The summed E-state index contributed by atoms with van der Waals surface area (Å²) in [6, 6.07) is 5.41. The van der Waals surface area contributed by atoms with E-state index in [2.05, 4.69) is 20.0 Å². The first-order valence-electron chi connectivity index (χ1n) is 11.6. The smallest absolute Gasteiger partial charge is 0.208 e. The summed E-state index contributed by atoms with van der Waals surface area (Å²) in [4.78, 5) is 4.83. The van der Waals surface area contributed by atoms with Crippen LogP contribution in [0.5, 0.6) is 5.75 Å². The molecule has 32 heavy (non-hydrogen) atoms. The highest BCUT2D eigenvalue weighted by Crippen LogP contribution is 2.41. The van der Waals surface area contributed by atoms with E-state index in [9.17, 15) is 4.39 Å². The molecule has 1 spiro atoms. The van der Waals surface area contributed by atoms with E-state index >= 15 is 0 Å². The first-order valence-corrected chi connectivity index (χ1v) is 12.5. The molecule has 0 saturated carbocycles. The molecule has 4 aliphatic heterocycles. The molecule has 5 heterocycles. The van der Waals surface area contributed by atoms with E-state index in [-0.39, 0.29) is 17.5 Å². The quantitative estimate of drug-likeness (QED) is 0.657. The Hall–Kier alpha value is -1.81. The van der Waals surface area contributed by atoms with E-state index in [1.54, 1.807) is 29.0 Å². The van der Waals surface area contributed by atoms with Crippen LogP contribution in [0.3, 0.4) is 0 Å². The number of ether oxygens (including phenoxy) is 3. The average molecular weight is 461 g/mol. The van der Waals surface area contributed by atoms with Crippen LogP contribution in [0, 0.1) is 5.82 Å². The molecule has 0 unspecified atom stereocenters. The number of halogens is 1. The third-order valence-corrected chi connectivity index (χ3v) is 8.19. The monoisotopic (exact) mass is 460 g/mol. The van der Waals surface area contributed by atoms with Crippen molar-refractivity contribution in [1.29, 1.82) is 0 Å². The largest absolute Gasteiger partial charge is 0.491 e. The number of piperidine rings is 1. The highest BCUT2D eigenvalue weighted by atomic mass is 32.1. The van der Waals surface area contributed by atoms with Gasteiger partial charge in [-0.2, -0.15) is 0 Å². The van der Waals surface area contributed by atoms with Crippen molar-refractivity contribution >= 4 is 16.5 Å². The summed E-state index contributed by atoms with van der Waals surface area (Å²) in [7, 11) is 0. The van der Waals surface area contributed by atoms with Crippen LogP contribution in [-0.4, -0.2) is 78.8 Å². The fraction of sp³-hybridized carbons (Fsp3) is 0.652. The van der Waals surface area contributed by atoms with Gasteiger partial charge < -0.3 is 19.1 Å². The Bertz CT molecular complexity index is 927. The van der Waals surface area contributed by atoms with Crippen LogP contribution < -0.4 is 9.64 Å². The summed E-state index contributed by atoms with van der Waals surface area (Å²) in [6.45, 7) is 5.99. The minimum absolute atomic E-state index is 0.0274. The first-order chi connectivity index (χ1) is 15.7. The maximum Gasteiger partial charge on any atom is 0.208 e. The number of rotatable bonds is 6. The fourth-order valence-corrected chi connectivity index (χ4v) is 6.07. The molecule has 2 atom stereocenters. The second-order valence-electron chi connectivity index (χ2n) is 9.51. The predicted molar refractivity (Wildman–Crippen MR) is 119 cm³/mol. The number of hydrogen-bond acceptors (Lipinski definition) is 8. The zero-order valence-corrected chi connectivity index (χ0v) is 18.9. The number of nitrogens with zero attached hydrogens (tertiary/aromatic N) is 4. The van der Waals surface area contributed by atoms with E-state index in [4.69, 9.17) is 14.2 Å². The highest BCUT2D eigenvalue weighted by Gasteiger charge is 2.51. The van der Waals surface area contributed by atoms with Crippen LogP contribution in [-0.2, 0) is 9.47 Å². The van der Waals surface area contributed by atoms with Gasteiger partial charge in [0.1, 0.15) is 29.3 Å². The Morgan fingerprint density at radius 3 is 2.78 bits per heavy atom. The van der Waals surface area contributed by atoms with Crippen molar-refractivity contribution in [3.63, 3.8) is 0 Å². The second kappa shape index (κ2) is 8.52. The molecule has 4 fully saturated rings. The molecule has 0 amide bonds. The van der Waals surface area contributed by atoms with Crippen LogP contribution in [0.4, 0.5) is 9.52 Å². The summed E-state index contributed by atoms with van der Waals surface area (Å²) in [5.74, 6) is 0.952. The van der Waals surface area contributed by atoms with Gasteiger partial charge in [-0.1, -0.05) is 11.3 Å². The lowest BCUT2D eigenvalue weighted by Gasteiger charge is -2.47. The molecule has 2 aromatic rings. The third-order valence-electron chi connectivity index (χ3n) is 7.44. The van der Waals surface area contributed by atoms with Crippen molar-refractivity contribution in [3.8, 4) is 5.75 Å². The fourth-order valence-electron chi connectivity index (χ4n) is 5.51. The van der Waals surface area contributed by atoms with Crippen LogP contribution in [0.15, 0.2) is 23.7 Å². The molecule has 7 nitrogen and oxygen atoms in total. The van der Waals surface area contributed by atoms with Crippen LogP contribution in [0.25, 0.3) is 0 Å². The van der Waals surface area contributed by atoms with Crippen molar-refractivity contribution < 1.29 is 18.6 Å². The Labute approximate surface area is 191 Å². The van der Waals surface area contributed by atoms with Crippen LogP contribution in [0.1, 0.15) is 37.2 Å². The van der Waals surface area contributed by atoms with Gasteiger partial charge in [0, 0.05) is 24.6 Å². The second-order valence-corrected chi connectivity index (χ2v) is 10.3. The minimum atomic E-state index is -0.189. The normalized spacial score (nSPS) is 28.0. The van der Waals surface area contributed by atoms with E-state index in [1.807, 2.05) is 0 Å². The molecular formula is C23H29FN4O3S. The standard InChI is InChI=1S/C23H29FN4O3S/c24-17-1-2-21(30-12-19-5-8-29-19)20(9-17)16-3-6-27(7-4-16)18-10-23(31-11-18)13-28(14-23)22-26-25-15-32-22/h1-2,9,15-16,18-19H,3-8,10-14H2/t18-,19+/m0/s1. The Morgan fingerprint density at radius 2 is 2.06 bits per heavy atom. The lowest BCUT2D eigenvalue weighted by molar-refractivity contribution is -0.0722. The summed E-state index contributed by atoms with van der Waals surface area (Å²) >= 11 is 1.58. The number of likely N-dealkylation sites (tertiary alicyclic amines) is 1. The van der Waals surface area contributed by atoms with Gasteiger partial charge in [0.25, 0.3) is 0 Å². The van der Waals surface area contributed by atoms with Gasteiger partial charge in [-0.15, -0.1) is 10.2 Å². The highest BCUT2D eigenvalue weighted by molar-refractivity contribution is 7.13. The van der Waals surface area contributed by atoms with E-state index in [0.717, 1.165) is 81.5 Å². The zero-order chi connectivity index (χ0) is 21.5. The molecule has 6 rings (SSSR count). The Kier molecular flexibility index (Phi) is 5.53. The van der Waals surface area contributed by atoms with E-state index < -0.39 is 0 Å². The van der Waals surface area contributed by atoms with Crippen molar-refractivity contribution in [1.82, 2.24) is 15.1 Å². The van der Waals surface area contributed by atoms with Crippen molar-refractivity contribution in [2.45, 2.75) is 49.3 Å². The van der Waals surface area contributed by atoms with Gasteiger partial charge in [-0.05, 0) is 56.5 Å². The predicted octanol–water partition coefficient (Wildman–Crippen LogP) is 3.07. The minimum Gasteiger partial charge on any atom is -0.491 e. The van der Waals surface area contributed by atoms with Crippen molar-refractivity contribution in [3.05, 3.63) is 35.1 Å². The topological polar surface area (TPSA) is 60.0 Å². The SMILES string of the molecule is Fc1ccc(OC[C@H]2CCO2)c(C2CCN([C@@H]3COC4(C3)CN(c3nncs3)C4)CC2)c1. The van der Waals surface area contributed by atoms with Crippen molar-refractivity contribution in [2.75, 3.05) is 50.9 Å². The number of hydrogen-bond donors (Lipinski definition) is 0. The van der Waals surface area contributed by atoms with Crippen molar-refractivity contribution in [2.24, 2.45) is 0 Å². The Balaban J connectivity index is 1.04. The lowest BCUT2D eigenvalue weighted by atomic mass is 9.86. The van der Waals surface area contributed by atoms with Crippen LogP contribution >= 0.6 is 11.3 Å². The number of aromatic nitrogens is 2. The van der Waals surface area contributed by atoms with Crippen LogP contribution in [0.2, 0.25) is 0 Å². The summed E-state index contributed by atoms with van der Waals surface area (Å²) < 4.78 is 31.8. The molecule has 0 radical (unpaired) electrons. The van der Waals surface area contributed by atoms with Gasteiger partial charge in [0.15, 0.2) is 0 Å². The number of anilines is 1.